The molecule has 1 aliphatic heterocycles. The highest BCUT2D eigenvalue weighted by molar-refractivity contribution is 14.0. The average Bonchev–Trinajstić information content (AvgIpc) is 3.23. The summed E-state index contributed by atoms with van der Waals surface area (Å²) in [7, 11) is 0. The molecule has 0 aliphatic carbocycles. The van der Waals surface area contributed by atoms with Gasteiger partial charge >= 0.3 is 0 Å². The standard InChI is InChI=1S/C20H29N7O2.HI/c1-3-21-20(22-8-6-19(28)24-18-5-4-16(2)14-23-18)27-11-9-26(10-12-27)15-17-7-13-29-25-17;/h4-5,7,13-14H,3,6,8-12,15H2,1-2H3,(H,21,22)(H,23,24,28);1H. The van der Waals surface area contributed by atoms with Gasteiger partial charge < -0.3 is 20.1 Å². The van der Waals surface area contributed by atoms with Gasteiger partial charge in [-0.15, -0.1) is 24.0 Å². The van der Waals surface area contributed by atoms with Crippen molar-refractivity contribution in [3.8, 4) is 0 Å². The lowest BCUT2D eigenvalue weighted by Crippen LogP contribution is -2.52. The number of aliphatic imine (C=N–C) groups is 1. The zero-order valence-electron chi connectivity index (χ0n) is 17.5. The fraction of sp³-hybridized carbons (Fsp3) is 0.500. The molecule has 3 heterocycles. The van der Waals surface area contributed by atoms with Crippen molar-refractivity contribution in [3.63, 3.8) is 0 Å². The molecule has 2 aromatic rings. The minimum Gasteiger partial charge on any atom is -0.364 e. The van der Waals surface area contributed by atoms with E-state index in [1.54, 1.807) is 18.5 Å². The molecule has 2 aromatic heterocycles. The summed E-state index contributed by atoms with van der Waals surface area (Å²) in [4.78, 5) is 25.6. The number of aromatic nitrogens is 2. The fourth-order valence-electron chi connectivity index (χ4n) is 3.10. The van der Waals surface area contributed by atoms with E-state index in [0.29, 0.717) is 18.8 Å². The van der Waals surface area contributed by atoms with Crippen LogP contribution < -0.4 is 10.6 Å². The Morgan fingerprint density at radius 1 is 1.23 bits per heavy atom. The van der Waals surface area contributed by atoms with Crippen molar-refractivity contribution in [1.29, 1.82) is 0 Å². The third kappa shape index (κ3) is 7.56. The van der Waals surface area contributed by atoms with Crippen LogP contribution in [0, 0.1) is 6.92 Å². The number of hydrogen-bond acceptors (Lipinski definition) is 6. The Labute approximate surface area is 194 Å². The zero-order chi connectivity index (χ0) is 20.5. The SMILES string of the molecule is CCNC(=NCCC(=O)Nc1ccc(C)cn1)N1CCN(Cc2ccon2)CC1.I. The number of nitrogens with zero attached hydrogens (tertiary/aromatic N) is 5. The second-order valence-electron chi connectivity index (χ2n) is 7.01. The van der Waals surface area contributed by atoms with Crippen LogP contribution in [0.5, 0.6) is 0 Å². The molecular formula is C20H30IN7O2. The van der Waals surface area contributed by atoms with Gasteiger partial charge in [0, 0.05) is 58.0 Å². The summed E-state index contributed by atoms with van der Waals surface area (Å²) < 4.78 is 4.90. The molecule has 1 amide bonds. The number of aryl methyl sites for hydroxylation is 1. The largest absolute Gasteiger partial charge is 0.364 e. The predicted octanol–water partition coefficient (Wildman–Crippen LogP) is 2.11. The van der Waals surface area contributed by atoms with Crippen molar-refractivity contribution >= 4 is 41.7 Å². The summed E-state index contributed by atoms with van der Waals surface area (Å²) in [5.41, 5.74) is 2.01. The molecule has 0 atom stereocenters. The van der Waals surface area contributed by atoms with E-state index in [0.717, 1.165) is 56.5 Å². The lowest BCUT2D eigenvalue weighted by atomic mass is 10.3. The third-order valence-corrected chi connectivity index (χ3v) is 4.66. The smallest absolute Gasteiger partial charge is 0.227 e. The molecule has 3 rings (SSSR count). The summed E-state index contributed by atoms with van der Waals surface area (Å²) >= 11 is 0. The van der Waals surface area contributed by atoms with Crippen molar-refractivity contribution < 1.29 is 9.32 Å². The van der Waals surface area contributed by atoms with E-state index in [1.165, 1.54) is 0 Å². The second kappa shape index (κ2) is 12.5. The van der Waals surface area contributed by atoms with Gasteiger partial charge in [-0.25, -0.2) is 4.98 Å². The molecule has 9 nitrogen and oxygen atoms in total. The van der Waals surface area contributed by atoms with Crippen molar-refractivity contribution in [2.45, 2.75) is 26.8 Å². The molecular weight excluding hydrogens is 497 g/mol. The lowest BCUT2D eigenvalue weighted by Gasteiger charge is -2.36. The van der Waals surface area contributed by atoms with Gasteiger partial charge in [0.25, 0.3) is 0 Å². The molecule has 1 fully saturated rings. The first kappa shape index (κ1) is 24.1. The van der Waals surface area contributed by atoms with E-state index in [2.05, 4.69) is 35.6 Å². The number of nitrogens with one attached hydrogen (secondary N) is 2. The van der Waals surface area contributed by atoms with Crippen LogP contribution in [0.15, 0.2) is 40.2 Å². The minimum atomic E-state index is -0.0848. The Balaban J connectivity index is 0.00000320. The first-order chi connectivity index (χ1) is 14.1. The van der Waals surface area contributed by atoms with E-state index in [-0.39, 0.29) is 29.9 Å². The topological polar surface area (TPSA) is 98.9 Å². The predicted molar refractivity (Wildman–Crippen MR) is 127 cm³/mol. The van der Waals surface area contributed by atoms with Gasteiger partial charge in [0.1, 0.15) is 12.1 Å². The van der Waals surface area contributed by atoms with Crippen LogP contribution in [0.2, 0.25) is 0 Å². The fourth-order valence-corrected chi connectivity index (χ4v) is 3.10. The summed E-state index contributed by atoms with van der Waals surface area (Å²) in [6.07, 6.45) is 3.66. The summed E-state index contributed by atoms with van der Waals surface area (Å²) in [6, 6.07) is 5.63. The molecule has 1 aliphatic rings. The molecule has 0 bridgehead atoms. The third-order valence-electron chi connectivity index (χ3n) is 4.66. The first-order valence-electron chi connectivity index (χ1n) is 10.0. The molecule has 0 saturated carbocycles. The Morgan fingerprint density at radius 3 is 2.67 bits per heavy atom. The van der Waals surface area contributed by atoms with E-state index in [1.807, 2.05) is 26.0 Å². The Kier molecular flexibility index (Phi) is 10.0. The maximum absolute atomic E-state index is 12.1. The van der Waals surface area contributed by atoms with Crippen molar-refractivity contribution in [3.05, 3.63) is 41.9 Å². The number of carbonyl (C=O) groups excluding carboxylic acids is 1. The van der Waals surface area contributed by atoms with Crippen LogP contribution >= 0.6 is 24.0 Å². The lowest BCUT2D eigenvalue weighted by molar-refractivity contribution is -0.116. The average molecular weight is 527 g/mol. The van der Waals surface area contributed by atoms with Gasteiger partial charge in [-0.3, -0.25) is 14.7 Å². The number of anilines is 1. The monoisotopic (exact) mass is 527 g/mol. The van der Waals surface area contributed by atoms with Crippen molar-refractivity contribution in [1.82, 2.24) is 25.3 Å². The molecule has 164 valence electrons. The number of guanidine groups is 1. The van der Waals surface area contributed by atoms with Crippen LogP contribution in [0.25, 0.3) is 0 Å². The van der Waals surface area contributed by atoms with Gasteiger partial charge in [-0.05, 0) is 25.5 Å². The molecule has 1 saturated heterocycles. The minimum absolute atomic E-state index is 0. The Hall–Kier alpha value is -2.21. The molecule has 2 N–H and O–H groups in total. The zero-order valence-corrected chi connectivity index (χ0v) is 19.8. The van der Waals surface area contributed by atoms with Gasteiger partial charge in [-0.2, -0.15) is 0 Å². The van der Waals surface area contributed by atoms with Crippen molar-refractivity contribution in [2.75, 3.05) is 44.6 Å². The van der Waals surface area contributed by atoms with Crippen LogP contribution in [0.1, 0.15) is 24.6 Å². The van der Waals surface area contributed by atoms with E-state index >= 15 is 0 Å². The van der Waals surface area contributed by atoms with Crippen LogP contribution in [0.4, 0.5) is 5.82 Å². The normalized spacial score (nSPS) is 14.9. The molecule has 10 heteroatoms. The van der Waals surface area contributed by atoms with Crippen LogP contribution in [-0.4, -0.2) is 71.1 Å². The van der Waals surface area contributed by atoms with Crippen molar-refractivity contribution in [2.24, 2.45) is 4.99 Å². The number of amides is 1. The van der Waals surface area contributed by atoms with Gasteiger partial charge in [0.15, 0.2) is 5.96 Å². The summed E-state index contributed by atoms with van der Waals surface area (Å²) in [5, 5.41) is 10.1. The maximum Gasteiger partial charge on any atom is 0.227 e. The second-order valence-corrected chi connectivity index (χ2v) is 7.01. The molecule has 30 heavy (non-hydrogen) atoms. The van der Waals surface area contributed by atoms with E-state index in [4.69, 9.17) is 4.52 Å². The maximum atomic E-state index is 12.1. The first-order valence-corrected chi connectivity index (χ1v) is 10.0. The number of piperazine rings is 1. The summed E-state index contributed by atoms with van der Waals surface area (Å²) in [5.74, 6) is 1.34. The van der Waals surface area contributed by atoms with Gasteiger partial charge in [-0.1, -0.05) is 11.2 Å². The molecule has 0 unspecified atom stereocenters. The molecule has 0 spiro atoms. The number of hydrogen-bond donors (Lipinski definition) is 2. The number of carbonyl (C=O) groups is 1. The number of rotatable bonds is 7. The van der Waals surface area contributed by atoms with Crippen LogP contribution in [0.3, 0.4) is 0 Å². The van der Waals surface area contributed by atoms with Crippen LogP contribution in [-0.2, 0) is 11.3 Å². The highest BCUT2D eigenvalue weighted by Crippen LogP contribution is 2.08. The Bertz CT molecular complexity index is 788. The highest BCUT2D eigenvalue weighted by atomic mass is 127. The Morgan fingerprint density at radius 2 is 2.03 bits per heavy atom. The van der Waals surface area contributed by atoms with E-state index < -0.39 is 0 Å². The molecule has 0 radical (unpaired) electrons. The quantitative estimate of drug-likeness (QED) is 0.323. The molecule has 0 aromatic carbocycles. The summed E-state index contributed by atoms with van der Waals surface area (Å²) in [6.45, 7) is 9.64. The van der Waals surface area contributed by atoms with Gasteiger partial charge in [0.05, 0.1) is 12.2 Å². The highest BCUT2D eigenvalue weighted by Gasteiger charge is 2.20. The van der Waals surface area contributed by atoms with E-state index in [9.17, 15) is 4.79 Å². The number of pyridine rings is 1. The number of halogens is 1. The van der Waals surface area contributed by atoms with Gasteiger partial charge in [0.2, 0.25) is 5.91 Å².